The maximum absolute atomic E-state index is 12.8. The van der Waals surface area contributed by atoms with Crippen LogP contribution in [0.25, 0.3) is 0 Å². The van der Waals surface area contributed by atoms with Crippen LogP contribution in [-0.2, 0) is 23.9 Å². The Balaban J connectivity index is 1.96. The minimum Gasteiger partial charge on any atom is -0.460 e. The molecule has 7 nitrogen and oxygen atoms in total. The van der Waals surface area contributed by atoms with Gasteiger partial charge in [0.1, 0.15) is 11.6 Å². The number of unbranched alkanes of at least 4 members (excludes halogenated alkanes) is 2. The Labute approximate surface area is 187 Å². The number of rotatable bonds is 11. The number of primary amides is 1. The van der Waals surface area contributed by atoms with Crippen molar-refractivity contribution in [2.45, 2.75) is 77.0 Å². The lowest BCUT2D eigenvalue weighted by Gasteiger charge is -2.25. The monoisotopic (exact) mass is 484 g/mol. The van der Waals surface area contributed by atoms with Gasteiger partial charge >= 0.3 is 5.97 Å². The van der Waals surface area contributed by atoms with Crippen LogP contribution < -0.4 is 5.73 Å². The third-order valence-corrected chi connectivity index (χ3v) is 5.54. The lowest BCUT2D eigenvalue weighted by Crippen LogP contribution is -2.46. The summed E-state index contributed by atoms with van der Waals surface area (Å²) in [6.45, 7) is 6.33. The van der Waals surface area contributed by atoms with Gasteiger partial charge in [-0.2, -0.15) is 0 Å². The minimum atomic E-state index is -0.846. The summed E-state index contributed by atoms with van der Waals surface area (Å²) in [6, 6.07) is -0.846. The molecule has 0 spiro atoms. The van der Waals surface area contributed by atoms with Gasteiger partial charge in [0.15, 0.2) is 0 Å². The van der Waals surface area contributed by atoms with Crippen LogP contribution in [0.1, 0.15) is 59.3 Å². The molecule has 0 aromatic heterocycles. The zero-order valence-corrected chi connectivity index (χ0v) is 19.7. The Bertz CT molecular complexity index is 711. The highest BCUT2D eigenvalue weighted by Crippen LogP contribution is 2.31. The van der Waals surface area contributed by atoms with Crippen molar-refractivity contribution in [2.75, 3.05) is 18.5 Å². The summed E-state index contributed by atoms with van der Waals surface area (Å²) in [5.41, 5.74) is 6.43. The van der Waals surface area contributed by atoms with E-state index in [-0.39, 0.29) is 24.9 Å². The first-order chi connectivity index (χ1) is 14.1. The minimum absolute atomic E-state index is 0.0207. The summed E-state index contributed by atoms with van der Waals surface area (Å²) in [4.78, 5) is 38.4. The van der Waals surface area contributed by atoms with E-state index in [0.717, 1.165) is 30.2 Å². The Kier molecular flexibility index (Phi) is 9.09. The molecule has 1 saturated heterocycles. The molecule has 0 aromatic rings. The van der Waals surface area contributed by atoms with Crippen LogP contribution in [0, 0.1) is 0 Å². The number of amides is 2. The Morgan fingerprint density at radius 3 is 2.67 bits per heavy atom. The molecule has 0 saturated carbocycles. The van der Waals surface area contributed by atoms with Crippen LogP contribution in [0.5, 0.6) is 0 Å². The van der Waals surface area contributed by atoms with Gasteiger partial charge in [-0.1, -0.05) is 28.4 Å². The fraction of sp³-hybridized carbons (Fsp3) is 0.682. The number of carbonyl (C=O) groups excluding carboxylic acids is 3. The van der Waals surface area contributed by atoms with E-state index >= 15 is 0 Å². The molecule has 1 fully saturated rings. The zero-order valence-electron chi connectivity index (χ0n) is 18.1. The average molecular weight is 485 g/mol. The standard InChI is InChI=1S/C22H33BrN2O5/c1-22(2,3)30-19(26)10-9-18(20(24)27)25-14-15-13-16(7-8-17(15)21(25)28)29-12-6-4-5-11-23/h8,13,16,18H,4-7,9-12,14H2,1-3H3,(H2,24,27). The van der Waals surface area contributed by atoms with Crippen molar-refractivity contribution in [2.24, 2.45) is 5.73 Å². The molecule has 30 heavy (non-hydrogen) atoms. The second-order valence-electron chi connectivity index (χ2n) is 8.68. The van der Waals surface area contributed by atoms with Crippen LogP contribution in [0.15, 0.2) is 23.3 Å². The van der Waals surface area contributed by atoms with E-state index < -0.39 is 23.5 Å². The topological polar surface area (TPSA) is 98.9 Å². The lowest BCUT2D eigenvalue weighted by molar-refractivity contribution is -0.155. The summed E-state index contributed by atoms with van der Waals surface area (Å²) < 4.78 is 11.2. The van der Waals surface area contributed by atoms with Crippen LogP contribution in [0.4, 0.5) is 0 Å². The fourth-order valence-corrected chi connectivity index (χ4v) is 3.99. The molecule has 0 radical (unpaired) electrons. The van der Waals surface area contributed by atoms with Crippen molar-refractivity contribution in [1.82, 2.24) is 4.90 Å². The van der Waals surface area contributed by atoms with E-state index in [0.29, 0.717) is 25.1 Å². The molecule has 1 aliphatic heterocycles. The highest BCUT2D eigenvalue weighted by Gasteiger charge is 2.39. The Morgan fingerprint density at radius 1 is 1.30 bits per heavy atom. The predicted molar refractivity (Wildman–Crippen MR) is 118 cm³/mol. The molecule has 2 N–H and O–H groups in total. The van der Waals surface area contributed by atoms with Gasteiger partial charge in [-0.15, -0.1) is 0 Å². The van der Waals surface area contributed by atoms with Crippen LogP contribution in [0.2, 0.25) is 0 Å². The maximum atomic E-state index is 12.8. The second-order valence-corrected chi connectivity index (χ2v) is 9.47. The van der Waals surface area contributed by atoms with E-state index in [1.807, 2.05) is 12.2 Å². The number of fused-ring (bicyclic) bond motifs is 1. The third-order valence-electron chi connectivity index (χ3n) is 4.98. The van der Waals surface area contributed by atoms with Gasteiger partial charge in [0, 0.05) is 30.5 Å². The molecule has 1 aliphatic carbocycles. The first-order valence-corrected chi connectivity index (χ1v) is 11.7. The number of likely N-dealkylation sites (tertiary alicyclic amines) is 1. The number of alkyl halides is 1. The predicted octanol–water partition coefficient (Wildman–Crippen LogP) is 3.01. The van der Waals surface area contributed by atoms with Gasteiger partial charge in [0.25, 0.3) is 5.91 Å². The number of nitrogens with zero attached hydrogens (tertiary/aromatic N) is 1. The van der Waals surface area contributed by atoms with E-state index in [1.54, 1.807) is 20.8 Å². The lowest BCUT2D eigenvalue weighted by atomic mass is 9.98. The van der Waals surface area contributed by atoms with Gasteiger partial charge in [-0.25, -0.2) is 0 Å². The smallest absolute Gasteiger partial charge is 0.306 e. The molecule has 0 bridgehead atoms. The summed E-state index contributed by atoms with van der Waals surface area (Å²) in [6.07, 6.45) is 7.83. The van der Waals surface area contributed by atoms with Gasteiger partial charge in [0.2, 0.25) is 5.91 Å². The summed E-state index contributed by atoms with van der Waals surface area (Å²) in [5, 5.41) is 0.999. The number of hydrogen-bond acceptors (Lipinski definition) is 5. The average Bonchev–Trinajstić information content (AvgIpc) is 2.96. The largest absolute Gasteiger partial charge is 0.460 e. The van der Waals surface area contributed by atoms with E-state index in [9.17, 15) is 14.4 Å². The molecule has 2 unspecified atom stereocenters. The molecule has 168 valence electrons. The highest BCUT2D eigenvalue weighted by molar-refractivity contribution is 9.09. The van der Waals surface area contributed by atoms with Crippen LogP contribution in [-0.4, -0.2) is 58.9 Å². The molecular formula is C22H33BrN2O5. The second kappa shape index (κ2) is 11.1. The number of hydrogen-bond donors (Lipinski definition) is 1. The van der Waals surface area contributed by atoms with Crippen LogP contribution >= 0.6 is 15.9 Å². The van der Waals surface area contributed by atoms with Gasteiger partial charge in [-0.05, 0) is 58.1 Å². The van der Waals surface area contributed by atoms with E-state index in [2.05, 4.69) is 15.9 Å². The Hall–Kier alpha value is -1.67. The summed E-state index contributed by atoms with van der Waals surface area (Å²) in [7, 11) is 0. The first-order valence-electron chi connectivity index (χ1n) is 10.5. The van der Waals surface area contributed by atoms with Crippen molar-refractivity contribution in [3.8, 4) is 0 Å². The molecule has 2 rings (SSSR count). The van der Waals surface area contributed by atoms with E-state index in [1.165, 1.54) is 4.90 Å². The van der Waals surface area contributed by atoms with Crippen molar-refractivity contribution < 1.29 is 23.9 Å². The van der Waals surface area contributed by atoms with E-state index in [4.69, 9.17) is 15.2 Å². The van der Waals surface area contributed by atoms with Crippen molar-refractivity contribution in [3.05, 3.63) is 23.3 Å². The molecular weight excluding hydrogens is 452 g/mol. The molecule has 1 heterocycles. The summed E-state index contributed by atoms with van der Waals surface area (Å²) in [5.74, 6) is -1.25. The normalized spacial score (nSPS) is 19.8. The first kappa shape index (κ1) is 24.6. The van der Waals surface area contributed by atoms with Gasteiger partial charge in [0.05, 0.1) is 6.10 Å². The number of halogens is 1. The van der Waals surface area contributed by atoms with Gasteiger partial charge in [-0.3, -0.25) is 14.4 Å². The number of carbonyl (C=O) groups is 3. The molecule has 0 aromatic carbocycles. The van der Waals surface area contributed by atoms with Crippen molar-refractivity contribution >= 4 is 33.7 Å². The highest BCUT2D eigenvalue weighted by atomic mass is 79.9. The Morgan fingerprint density at radius 2 is 2.03 bits per heavy atom. The summed E-state index contributed by atoms with van der Waals surface area (Å²) >= 11 is 3.42. The zero-order chi connectivity index (χ0) is 22.3. The fourth-order valence-electron chi connectivity index (χ4n) is 3.59. The SMILES string of the molecule is CC(C)(C)OC(=O)CCC(C(N)=O)N1CC2=CC(OCCCCCBr)CC=C2C1=O. The molecule has 2 atom stereocenters. The molecule has 2 aliphatic rings. The maximum Gasteiger partial charge on any atom is 0.306 e. The van der Waals surface area contributed by atoms with Gasteiger partial charge < -0.3 is 20.1 Å². The molecule has 8 heteroatoms. The number of ether oxygens (including phenoxy) is 2. The van der Waals surface area contributed by atoms with Crippen LogP contribution in [0.3, 0.4) is 0 Å². The number of esters is 1. The van der Waals surface area contributed by atoms with Crippen molar-refractivity contribution in [3.63, 3.8) is 0 Å². The third kappa shape index (κ3) is 7.23. The molecule has 2 amide bonds. The number of nitrogens with two attached hydrogens (primary N) is 1. The van der Waals surface area contributed by atoms with Crippen molar-refractivity contribution in [1.29, 1.82) is 0 Å². The quantitative estimate of drug-likeness (QED) is 0.276.